The number of amides is 1. The van der Waals surface area contributed by atoms with E-state index in [1.807, 2.05) is 0 Å². The minimum absolute atomic E-state index is 0.0818. The summed E-state index contributed by atoms with van der Waals surface area (Å²) in [6.07, 6.45) is 5.45. The van der Waals surface area contributed by atoms with E-state index in [1.165, 1.54) is 0 Å². The fourth-order valence-corrected chi connectivity index (χ4v) is 4.24. The van der Waals surface area contributed by atoms with Gasteiger partial charge in [-0.1, -0.05) is 0 Å². The Morgan fingerprint density at radius 1 is 1.11 bits per heavy atom. The number of aryl methyl sites for hydroxylation is 1. The molecule has 8 nitrogen and oxygen atoms in total. The first kappa shape index (κ1) is 16.7. The van der Waals surface area contributed by atoms with Crippen LogP contribution in [0.15, 0.2) is 4.42 Å². The third kappa shape index (κ3) is 2.97. The first-order valence-electron chi connectivity index (χ1n) is 9.70. The lowest BCUT2D eigenvalue weighted by atomic mass is 9.94. The summed E-state index contributed by atoms with van der Waals surface area (Å²) in [6.45, 7) is 2.46. The molecule has 0 spiro atoms. The van der Waals surface area contributed by atoms with E-state index >= 15 is 0 Å². The zero-order chi connectivity index (χ0) is 18.4. The van der Waals surface area contributed by atoms with Gasteiger partial charge in [0.2, 0.25) is 5.95 Å². The summed E-state index contributed by atoms with van der Waals surface area (Å²) in [5.74, 6) is 1.97. The maximum absolute atomic E-state index is 13.2. The van der Waals surface area contributed by atoms with E-state index in [1.54, 1.807) is 4.90 Å². The quantitative estimate of drug-likeness (QED) is 0.857. The number of anilines is 1. The van der Waals surface area contributed by atoms with Gasteiger partial charge in [0.15, 0.2) is 5.89 Å². The average Bonchev–Trinajstić information content (AvgIpc) is 3.35. The van der Waals surface area contributed by atoms with Crippen molar-refractivity contribution in [3.63, 3.8) is 0 Å². The Morgan fingerprint density at radius 3 is 2.85 bits per heavy atom. The number of ether oxygens (including phenoxy) is 1. The van der Waals surface area contributed by atoms with Gasteiger partial charge in [-0.3, -0.25) is 4.79 Å². The molecule has 2 aromatic heterocycles. The molecule has 1 aliphatic carbocycles. The summed E-state index contributed by atoms with van der Waals surface area (Å²) in [7, 11) is 0. The molecule has 0 saturated carbocycles. The van der Waals surface area contributed by atoms with Crippen molar-refractivity contribution in [1.82, 2.24) is 19.9 Å². The Bertz CT molecular complexity index is 888. The smallest absolute Gasteiger partial charge is 0.273 e. The molecular formula is C19H23N5O3. The van der Waals surface area contributed by atoms with Gasteiger partial charge in [0, 0.05) is 30.8 Å². The van der Waals surface area contributed by atoms with Crippen LogP contribution in [0.2, 0.25) is 0 Å². The highest BCUT2D eigenvalue weighted by molar-refractivity contribution is 5.94. The van der Waals surface area contributed by atoms with E-state index in [0.29, 0.717) is 31.8 Å². The van der Waals surface area contributed by atoms with Crippen LogP contribution in [0.1, 0.15) is 64.3 Å². The minimum Gasteiger partial charge on any atom is -0.445 e. The first-order valence-corrected chi connectivity index (χ1v) is 9.70. The predicted octanol–water partition coefficient (Wildman–Crippen LogP) is 1.63. The van der Waals surface area contributed by atoms with E-state index in [9.17, 15) is 4.79 Å². The van der Waals surface area contributed by atoms with E-state index in [-0.39, 0.29) is 17.8 Å². The highest BCUT2D eigenvalue weighted by Crippen LogP contribution is 2.30. The number of nitrogen functional groups attached to an aromatic ring is 1. The Morgan fingerprint density at radius 2 is 2.00 bits per heavy atom. The van der Waals surface area contributed by atoms with Gasteiger partial charge in [-0.15, -0.1) is 0 Å². The summed E-state index contributed by atoms with van der Waals surface area (Å²) < 4.78 is 11.4. The van der Waals surface area contributed by atoms with Crippen LogP contribution in [-0.2, 0) is 30.5 Å². The van der Waals surface area contributed by atoms with Gasteiger partial charge in [0.05, 0.1) is 19.1 Å². The van der Waals surface area contributed by atoms with Crippen molar-refractivity contribution in [2.75, 3.05) is 25.5 Å². The fraction of sp³-hybridized carbons (Fsp3) is 0.579. The summed E-state index contributed by atoms with van der Waals surface area (Å²) in [5.41, 5.74) is 9.09. The number of hydrogen-bond donors (Lipinski definition) is 1. The molecule has 1 atom stereocenters. The van der Waals surface area contributed by atoms with Gasteiger partial charge < -0.3 is 19.8 Å². The van der Waals surface area contributed by atoms with Gasteiger partial charge in [-0.2, -0.15) is 0 Å². The molecule has 1 amide bonds. The number of carbonyl (C=O) groups is 1. The van der Waals surface area contributed by atoms with E-state index in [0.717, 1.165) is 67.3 Å². The Kier molecular flexibility index (Phi) is 4.07. The second-order valence-electron chi connectivity index (χ2n) is 7.52. The number of oxazole rings is 1. The SMILES string of the molecule is Nc1nc2c(c(C(=O)N3CCc4oc(C5CCOC5)nc4C3)n1)CCCC2. The molecule has 4 heterocycles. The number of aromatic nitrogens is 3. The summed E-state index contributed by atoms with van der Waals surface area (Å²) in [6, 6.07) is 0. The van der Waals surface area contributed by atoms with E-state index in [4.69, 9.17) is 14.9 Å². The second-order valence-corrected chi connectivity index (χ2v) is 7.52. The maximum atomic E-state index is 13.2. The molecule has 8 heteroatoms. The third-order valence-electron chi connectivity index (χ3n) is 5.71. The van der Waals surface area contributed by atoms with Crippen molar-refractivity contribution in [2.24, 2.45) is 0 Å². The van der Waals surface area contributed by atoms with Crippen LogP contribution in [-0.4, -0.2) is 45.5 Å². The normalized spacial score (nSPS) is 21.8. The second kappa shape index (κ2) is 6.60. The molecule has 142 valence electrons. The molecule has 0 radical (unpaired) electrons. The molecule has 1 fully saturated rings. The van der Waals surface area contributed by atoms with Crippen molar-refractivity contribution in [3.05, 3.63) is 34.3 Å². The van der Waals surface area contributed by atoms with Gasteiger partial charge in [-0.05, 0) is 32.1 Å². The minimum atomic E-state index is -0.0818. The van der Waals surface area contributed by atoms with E-state index < -0.39 is 0 Å². The average molecular weight is 369 g/mol. The molecule has 1 saturated heterocycles. The van der Waals surface area contributed by atoms with Crippen LogP contribution in [0.25, 0.3) is 0 Å². The van der Waals surface area contributed by atoms with Crippen LogP contribution >= 0.6 is 0 Å². The monoisotopic (exact) mass is 369 g/mol. The van der Waals surface area contributed by atoms with Crippen molar-refractivity contribution in [1.29, 1.82) is 0 Å². The Hall–Kier alpha value is -2.48. The molecule has 5 rings (SSSR count). The van der Waals surface area contributed by atoms with Crippen LogP contribution in [0, 0.1) is 0 Å². The van der Waals surface area contributed by atoms with Gasteiger partial charge >= 0.3 is 0 Å². The first-order chi connectivity index (χ1) is 13.2. The van der Waals surface area contributed by atoms with Crippen molar-refractivity contribution in [2.45, 2.75) is 51.0 Å². The van der Waals surface area contributed by atoms with Crippen molar-refractivity contribution < 1.29 is 13.9 Å². The zero-order valence-electron chi connectivity index (χ0n) is 15.2. The van der Waals surface area contributed by atoms with Crippen molar-refractivity contribution >= 4 is 11.9 Å². The maximum Gasteiger partial charge on any atom is 0.273 e. The van der Waals surface area contributed by atoms with E-state index in [2.05, 4.69) is 15.0 Å². The highest BCUT2D eigenvalue weighted by atomic mass is 16.5. The third-order valence-corrected chi connectivity index (χ3v) is 5.71. The summed E-state index contributed by atoms with van der Waals surface area (Å²) in [4.78, 5) is 28.3. The van der Waals surface area contributed by atoms with Gasteiger partial charge in [-0.25, -0.2) is 15.0 Å². The van der Waals surface area contributed by atoms with Crippen LogP contribution in [0.5, 0.6) is 0 Å². The number of hydrogen-bond acceptors (Lipinski definition) is 7. The van der Waals surface area contributed by atoms with Crippen LogP contribution in [0.3, 0.4) is 0 Å². The fourth-order valence-electron chi connectivity index (χ4n) is 4.24. The predicted molar refractivity (Wildman–Crippen MR) is 96.2 cm³/mol. The molecule has 2 N–H and O–H groups in total. The molecule has 3 aliphatic rings. The largest absolute Gasteiger partial charge is 0.445 e. The lowest BCUT2D eigenvalue weighted by molar-refractivity contribution is 0.0720. The summed E-state index contributed by atoms with van der Waals surface area (Å²) >= 11 is 0. The van der Waals surface area contributed by atoms with Gasteiger partial charge in [0.25, 0.3) is 5.91 Å². The molecule has 0 aromatic carbocycles. The number of fused-ring (bicyclic) bond motifs is 2. The molecule has 1 unspecified atom stereocenters. The number of nitrogens with zero attached hydrogens (tertiary/aromatic N) is 4. The summed E-state index contributed by atoms with van der Waals surface area (Å²) in [5, 5.41) is 0. The lowest BCUT2D eigenvalue weighted by Gasteiger charge is -2.27. The molecule has 2 aromatic rings. The molecule has 2 aliphatic heterocycles. The van der Waals surface area contributed by atoms with Crippen LogP contribution < -0.4 is 5.73 Å². The van der Waals surface area contributed by atoms with Crippen molar-refractivity contribution in [3.8, 4) is 0 Å². The van der Waals surface area contributed by atoms with Crippen LogP contribution in [0.4, 0.5) is 5.95 Å². The lowest BCUT2D eigenvalue weighted by Crippen LogP contribution is -2.37. The Labute approximate surface area is 157 Å². The molecule has 27 heavy (non-hydrogen) atoms. The van der Waals surface area contributed by atoms with Gasteiger partial charge in [0.1, 0.15) is 17.1 Å². The topological polar surface area (TPSA) is 107 Å². The number of nitrogens with two attached hydrogens (primary N) is 1. The number of carbonyl (C=O) groups excluding carboxylic acids is 1. The Balaban J connectivity index is 1.40. The molecule has 0 bridgehead atoms. The number of rotatable bonds is 2. The standard InChI is InChI=1S/C19H23N5O3/c20-19-22-13-4-2-1-3-12(13)16(23-19)18(25)24-7-5-15-14(9-24)21-17(27-15)11-6-8-26-10-11/h11H,1-10H2,(H2,20,22,23). The zero-order valence-corrected chi connectivity index (χ0v) is 15.2. The molecular weight excluding hydrogens is 346 g/mol. The highest BCUT2D eigenvalue weighted by Gasteiger charge is 2.32.